The molecule has 2 aromatic carbocycles. The van der Waals surface area contributed by atoms with Crippen molar-refractivity contribution in [3.8, 4) is 0 Å². The lowest BCUT2D eigenvalue weighted by atomic mass is 10.1. The fraction of sp³-hybridized carbons (Fsp3) is 0.235. The molecular weight excluding hydrogens is 529 g/mol. The molecule has 4 nitrogen and oxygen atoms in total. The summed E-state index contributed by atoms with van der Waals surface area (Å²) in [6.07, 6.45) is 16.9. The van der Waals surface area contributed by atoms with E-state index in [2.05, 4.69) is 146 Å². The standard InChI is InChI=1S/C34H40N4S2/c1-35-21-17-31(18-22-35)7-5-29-9-13-33(14-10-29)37(3)25-27-39-40-28-26-38(4)34-15-11-30(12-16-34)6-8-32-19-23-36(2)24-20-32/h5-24H,25-28H2,1-4H3/q+2. The molecule has 0 spiro atoms. The molecule has 0 saturated carbocycles. The van der Waals surface area contributed by atoms with E-state index in [-0.39, 0.29) is 0 Å². The zero-order valence-electron chi connectivity index (χ0n) is 24.0. The number of hydrogen-bond acceptors (Lipinski definition) is 4. The van der Waals surface area contributed by atoms with Crippen molar-refractivity contribution in [1.29, 1.82) is 0 Å². The SMILES string of the molecule is CN(CCSSCCN(C)c1ccc(/C=C/c2cc[n+](C)cc2)cc1)c1ccc(/C=C/c2cc[n+](C)cc2)cc1. The van der Waals surface area contributed by atoms with Crippen molar-refractivity contribution >= 4 is 57.3 Å². The van der Waals surface area contributed by atoms with Gasteiger partial charge in [-0.2, -0.15) is 0 Å². The highest BCUT2D eigenvalue weighted by Crippen LogP contribution is 2.24. The Kier molecular flexibility index (Phi) is 11.3. The zero-order valence-corrected chi connectivity index (χ0v) is 25.6. The minimum atomic E-state index is 1.03. The molecule has 0 radical (unpaired) electrons. The van der Waals surface area contributed by atoms with Gasteiger partial charge in [0.25, 0.3) is 0 Å². The number of pyridine rings is 2. The minimum Gasteiger partial charge on any atom is -0.374 e. The third kappa shape index (κ3) is 9.61. The van der Waals surface area contributed by atoms with Crippen LogP contribution in [0, 0.1) is 0 Å². The Balaban J connectivity index is 1.12. The van der Waals surface area contributed by atoms with Crippen LogP contribution in [0.2, 0.25) is 0 Å². The second-order valence-electron chi connectivity index (χ2n) is 9.93. The van der Waals surface area contributed by atoms with Crippen molar-refractivity contribution in [2.45, 2.75) is 0 Å². The van der Waals surface area contributed by atoms with E-state index in [1.165, 1.54) is 33.6 Å². The van der Waals surface area contributed by atoms with Gasteiger partial charge in [-0.25, -0.2) is 9.13 Å². The predicted octanol–water partition coefficient (Wildman–Crippen LogP) is 6.63. The zero-order chi connectivity index (χ0) is 28.2. The summed E-state index contributed by atoms with van der Waals surface area (Å²) in [7, 11) is 12.3. The molecule has 206 valence electrons. The predicted molar refractivity (Wildman–Crippen MR) is 177 cm³/mol. The van der Waals surface area contributed by atoms with Crippen LogP contribution >= 0.6 is 21.6 Å². The molecule has 0 bridgehead atoms. The highest BCUT2D eigenvalue weighted by atomic mass is 33.1. The first-order chi connectivity index (χ1) is 19.5. The van der Waals surface area contributed by atoms with Crippen LogP contribution in [0.25, 0.3) is 24.3 Å². The Hall–Kier alpha value is -3.48. The van der Waals surface area contributed by atoms with E-state index >= 15 is 0 Å². The third-order valence-corrected chi connectivity index (χ3v) is 9.08. The maximum absolute atomic E-state index is 2.33. The summed E-state index contributed by atoms with van der Waals surface area (Å²) in [6, 6.07) is 26.1. The molecule has 0 amide bonds. The molecule has 0 aliphatic heterocycles. The van der Waals surface area contributed by atoms with Crippen molar-refractivity contribution in [2.75, 3.05) is 48.5 Å². The van der Waals surface area contributed by atoms with Gasteiger partial charge in [-0.3, -0.25) is 0 Å². The van der Waals surface area contributed by atoms with Crippen LogP contribution in [0.3, 0.4) is 0 Å². The minimum absolute atomic E-state index is 1.03. The Morgan fingerprint density at radius 1 is 0.500 bits per heavy atom. The van der Waals surface area contributed by atoms with E-state index in [1.807, 2.05) is 44.8 Å². The van der Waals surface area contributed by atoms with Gasteiger partial charge >= 0.3 is 0 Å². The van der Waals surface area contributed by atoms with Gasteiger partial charge in [-0.15, -0.1) is 0 Å². The van der Waals surface area contributed by atoms with Gasteiger partial charge in [0.05, 0.1) is 0 Å². The number of benzene rings is 2. The van der Waals surface area contributed by atoms with Crippen molar-refractivity contribution in [2.24, 2.45) is 14.1 Å². The Bertz CT molecular complexity index is 1250. The Morgan fingerprint density at radius 3 is 1.12 bits per heavy atom. The molecule has 4 aromatic rings. The van der Waals surface area contributed by atoms with Gasteiger partial charge < -0.3 is 9.80 Å². The number of hydrogen-bond donors (Lipinski definition) is 0. The van der Waals surface area contributed by atoms with Gasteiger partial charge in [0.15, 0.2) is 24.8 Å². The van der Waals surface area contributed by atoms with E-state index in [9.17, 15) is 0 Å². The normalized spacial score (nSPS) is 11.4. The molecule has 6 heteroatoms. The van der Waals surface area contributed by atoms with Crippen molar-refractivity contribution in [3.05, 3.63) is 120 Å². The molecule has 2 aromatic heterocycles. The van der Waals surface area contributed by atoms with Gasteiger partial charge in [-0.1, -0.05) is 70.2 Å². The summed E-state index contributed by atoms with van der Waals surface area (Å²) in [6.45, 7) is 2.06. The first kappa shape index (κ1) is 29.5. The summed E-state index contributed by atoms with van der Waals surface area (Å²) < 4.78 is 4.09. The second kappa shape index (κ2) is 15.3. The summed E-state index contributed by atoms with van der Waals surface area (Å²) in [5.74, 6) is 2.19. The largest absolute Gasteiger partial charge is 0.374 e. The summed E-state index contributed by atoms with van der Waals surface area (Å²) in [5.41, 5.74) is 7.36. The molecule has 0 aliphatic carbocycles. The average molecular weight is 569 g/mol. The highest BCUT2D eigenvalue weighted by Gasteiger charge is 2.04. The molecule has 0 atom stereocenters. The molecule has 0 fully saturated rings. The molecule has 0 unspecified atom stereocenters. The van der Waals surface area contributed by atoms with Crippen LogP contribution in [0.15, 0.2) is 97.6 Å². The average Bonchev–Trinajstić information content (AvgIpc) is 2.98. The summed E-state index contributed by atoms with van der Waals surface area (Å²) in [5, 5.41) is 0. The topological polar surface area (TPSA) is 14.2 Å². The lowest BCUT2D eigenvalue weighted by Gasteiger charge is -2.20. The Labute approximate surface area is 248 Å². The van der Waals surface area contributed by atoms with Crippen LogP contribution in [0.1, 0.15) is 22.3 Å². The summed E-state index contributed by atoms with van der Waals surface area (Å²) in [4.78, 5) is 4.66. The number of anilines is 2. The number of rotatable bonds is 13. The molecule has 4 rings (SSSR count). The maximum atomic E-state index is 2.33. The molecule has 2 heterocycles. The quantitative estimate of drug-likeness (QED) is 0.102. The van der Waals surface area contributed by atoms with Crippen LogP contribution in [-0.2, 0) is 14.1 Å². The van der Waals surface area contributed by atoms with Crippen molar-refractivity contribution < 1.29 is 9.13 Å². The van der Waals surface area contributed by atoms with Crippen molar-refractivity contribution in [1.82, 2.24) is 0 Å². The van der Waals surface area contributed by atoms with Gasteiger partial charge in [-0.05, 0) is 46.5 Å². The number of nitrogens with zero attached hydrogens (tertiary/aromatic N) is 4. The third-order valence-electron chi connectivity index (χ3n) is 6.72. The van der Waals surface area contributed by atoms with Crippen molar-refractivity contribution in [3.63, 3.8) is 0 Å². The van der Waals surface area contributed by atoms with E-state index in [1.54, 1.807) is 0 Å². The lowest BCUT2D eigenvalue weighted by molar-refractivity contribution is -0.671. The van der Waals surface area contributed by atoms with Crippen LogP contribution in [0.4, 0.5) is 11.4 Å². The number of aromatic nitrogens is 2. The first-order valence-corrected chi connectivity index (χ1v) is 16.1. The molecule has 40 heavy (non-hydrogen) atoms. The smallest absolute Gasteiger partial charge is 0.169 e. The fourth-order valence-electron chi connectivity index (χ4n) is 4.04. The monoisotopic (exact) mass is 568 g/mol. The van der Waals surface area contributed by atoms with Gasteiger partial charge in [0, 0.05) is 74.3 Å². The van der Waals surface area contributed by atoms with E-state index < -0.39 is 0 Å². The molecule has 0 saturated heterocycles. The van der Waals surface area contributed by atoms with Gasteiger partial charge in [0.2, 0.25) is 0 Å². The van der Waals surface area contributed by atoms with Gasteiger partial charge in [0.1, 0.15) is 14.1 Å². The summed E-state index contributed by atoms with van der Waals surface area (Å²) >= 11 is 0. The van der Waals surface area contributed by atoms with E-state index in [4.69, 9.17) is 0 Å². The van der Waals surface area contributed by atoms with E-state index in [0.29, 0.717) is 0 Å². The van der Waals surface area contributed by atoms with Crippen LogP contribution in [-0.4, -0.2) is 38.7 Å². The van der Waals surface area contributed by atoms with E-state index in [0.717, 1.165) is 24.6 Å². The lowest BCUT2D eigenvalue weighted by Crippen LogP contribution is -2.25. The van der Waals surface area contributed by atoms with Crippen LogP contribution < -0.4 is 18.9 Å². The second-order valence-corrected chi connectivity index (χ2v) is 12.6. The maximum Gasteiger partial charge on any atom is 0.169 e. The molecular formula is C34H40N4S2+2. The first-order valence-electron chi connectivity index (χ1n) is 13.6. The molecule has 0 N–H and O–H groups in total. The Morgan fingerprint density at radius 2 is 0.800 bits per heavy atom. The molecule has 0 aliphatic rings. The number of aryl methyl sites for hydroxylation is 2. The van der Waals surface area contributed by atoms with Crippen LogP contribution in [0.5, 0.6) is 0 Å². The highest BCUT2D eigenvalue weighted by molar-refractivity contribution is 8.76. The fourth-order valence-corrected chi connectivity index (χ4v) is 6.12.